The number of halogens is 1. The van der Waals surface area contributed by atoms with Crippen molar-refractivity contribution in [1.82, 2.24) is 0 Å². The summed E-state index contributed by atoms with van der Waals surface area (Å²) in [6.07, 6.45) is 0. The number of hydrogen-bond donors (Lipinski definition) is 2. The third-order valence-corrected chi connectivity index (χ3v) is 4.10. The predicted molar refractivity (Wildman–Crippen MR) is 81.5 cm³/mol. The second-order valence-corrected chi connectivity index (χ2v) is 5.53. The van der Waals surface area contributed by atoms with Crippen LogP contribution in [0.2, 0.25) is 0 Å². The third-order valence-electron chi connectivity index (χ3n) is 3.44. The van der Waals surface area contributed by atoms with E-state index in [1.165, 1.54) is 11.1 Å². The number of benzene rings is 2. The van der Waals surface area contributed by atoms with Crippen LogP contribution in [0.25, 0.3) is 0 Å². The Hall–Kier alpha value is -1.81. The maximum atomic E-state index is 7.76. The number of nitrogens with zero attached hydrogens (tertiary/aromatic N) is 1. The molecular formula is C15H14BrN3. The molecule has 19 heavy (non-hydrogen) atoms. The number of hydrogen-bond acceptors (Lipinski definition) is 2. The molecule has 96 valence electrons. The van der Waals surface area contributed by atoms with Gasteiger partial charge in [-0.1, -0.05) is 30.3 Å². The molecule has 4 heteroatoms. The van der Waals surface area contributed by atoms with Gasteiger partial charge < -0.3 is 10.6 Å². The Labute approximate surface area is 120 Å². The first-order chi connectivity index (χ1) is 9.16. The molecule has 0 amide bonds. The highest BCUT2D eigenvalue weighted by Gasteiger charge is 2.22. The van der Waals surface area contributed by atoms with Crippen molar-refractivity contribution in [2.75, 3.05) is 4.90 Å². The van der Waals surface area contributed by atoms with Crippen molar-refractivity contribution in [3.05, 3.63) is 63.6 Å². The van der Waals surface area contributed by atoms with E-state index >= 15 is 0 Å². The van der Waals surface area contributed by atoms with Crippen molar-refractivity contribution in [2.24, 2.45) is 5.73 Å². The molecule has 3 N–H and O–H groups in total. The second-order valence-electron chi connectivity index (χ2n) is 4.67. The number of anilines is 1. The third kappa shape index (κ3) is 2.12. The van der Waals surface area contributed by atoms with Crippen LogP contribution in [-0.4, -0.2) is 5.84 Å². The molecule has 0 saturated heterocycles. The molecule has 0 radical (unpaired) electrons. The lowest BCUT2D eigenvalue weighted by Crippen LogP contribution is -2.21. The minimum Gasteiger partial charge on any atom is -0.384 e. The van der Waals surface area contributed by atoms with Gasteiger partial charge >= 0.3 is 0 Å². The zero-order chi connectivity index (χ0) is 13.4. The Morgan fingerprint density at radius 2 is 1.68 bits per heavy atom. The van der Waals surface area contributed by atoms with Gasteiger partial charge in [0.25, 0.3) is 0 Å². The van der Waals surface area contributed by atoms with Crippen LogP contribution in [0, 0.1) is 5.41 Å². The number of nitrogens with one attached hydrogen (secondary N) is 1. The van der Waals surface area contributed by atoms with E-state index in [1.54, 1.807) is 0 Å². The highest BCUT2D eigenvalue weighted by atomic mass is 79.9. The number of nitrogen functional groups attached to an aromatic ring is 1. The van der Waals surface area contributed by atoms with E-state index in [0.29, 0.717) is 0 Å². The molecule has 0 atom stereocenters. The van der Waals surface area contributed by atoms with E-state index in [-0.39, 0.29) is 5.84 Å². The molecule has 0 saturated carbocycles. The summed E-state index contributed by atoms with van der Waals surface area (Å²) >= 11 is 3.48. The van der Waals surface area contributed by atoms with Crippen molar-refractivity contribution in [1.29, 1.82) is 5.41 Å². The van der Waals surface area contributed by atoms with Crippen LogP contribution in [0.5, 0.6) is 0 Å². The molecule has 0 spiro atoms. The quantitative estimate of drug-likeness (QED) is 0.660. The van der Waals surface area contributed by atoms with Crippen molar-refractivity contribution >= 4 is 27.5 Å². The Bertz CT molecular complexity index is 627. The molecule has 0 unspecified atom stereocenters. The molecule has 1 heterocycles. The van der Waals surface area contributed by atoms with Crippen LogP contribution in [0.15, 0.2) is 46.9 Å². The molecular weight excluding hydrogens is 302 g/mol. The maximum absolute atomic E-state index is 7.76. The van der Waals surface area contributed by atoms with Crippen molar-refractivity contribution in [3.63, 3.8) is 0 Å². The number of fused-ring (bicyclic) bond motifs is 1. The van der Waals surface area contributed by atoms with Crippen LogP contribution in [0.3, 0.4) is 0 Å². The van der Waals surface area contributed by atoms with E-state index in [1.807, 2.05) is 18.2 Å². The minimum absolute atomic E-state index is 0.0958. The zero-order valence-corrected chi connectivity index (χ0v) is 11.9. The first kappa shape index (κ1) is 12.2. The Balaban J connectivity index is 2.02. The summed E-state index contributed by atoms with van der Waals surface area (Å²) < 4.78 is 0.869. The SMILES string of the molecule is N=C(N)c1c(Br)cccc1N1Cc2ccccc2C1. The van der Waals surface area contributed by atoms with E-state index in [4.69, 9.17) is 11.1 Å². The largest absolute Gasteiger partial charge is 0.384 e. The number of rotatable bonds is 2. The fraction of sp³-hybridized carbons (Fsp3) is 0.133. The van der Waals surface area contributed by atoms with Gasteiger partial charge in [0.1, 0.15) is 5.84 Å². The summed E-state index contributed by atoms with van der Waals surface area (Å²) in [6, 6.07) is 14.4. The Morgan fingerprint density at radius 1 is 1.05 bits per heavy atom. The minimum atomic E-state index is 0.0958. The number of amidine groups is 1. The standard InChI is InChI=1S/C15H14BrN3/c16-12-6-3-7-13(14(12)15(17)18)19-8-10-4-1-2-5-11(10)9-19/h1-7H,8-9H2,(H3,17,18). The normalized spacial score (nSPS) is 13.4. The van der Waals surface area contributed by atoms with Gasteiger partial charge in [0.05, 0.1) is 5.56 Å². The van der Waals surface area contributed by atoms with Gasteiger partial charge in [-0.3, -0.25) is 5.41 Å². The van der Waals surface area contributed by atoms with Crippen molar-refractivity contribution in [2.45, 2.75) is 13.1 Å². The fourth-order valence-electron chi connectivity index (χ4n) is 2.55. The first-order valence-corrected chi connectivity index (χ1v) is 6.91. The fourth-order valence-corrected chi connectivity index (χ4v) is 3.12. The molecule has 2 aromatic carbocycles. The smallest absolute Gasteiger partial charge is 0.126 e. The van der Waals surface area contributed by atoms with Gasteiger partial charge in [0.15, 0.2) is 0 Å². The summed E-state index contributed by atoms with van der Waals surface area (Å²) in [6.45, 7) is 1.74. The number of nitrogens with two attached hydrogens (primary N) is 1. The summed E-state index contributed by atoms with van der Waals surface area (Å²) in [5, 5.41) is 7.76. The maximum Gasteiger partial charge on any atom is 0.126 e. The van der Waals surface area contributed by atoms with Gasteiger partial charge in [-0.2, -0.15) is 0 Å². The van der Waals surface area contributed by atoms with Gasteiger partial charge in [0.2, 0.25) is 0 Å². The molecule has 0 fully saturated rings. The summed E-state index contributed by atoms with van der Waals surface area (Å²) in [4.78, 5) is 2.26. The molecule has 3 nitrogen and oxygen atoms in total. The topological polar surface area (TPSA) is 53.1 Å². The average Bonchev–Trinajstić information content (AvgIpc) is 2.81. The molecule has 2 aromatic rings. The van der Waals surface area contributed by atoms with E-state index in [2.05, 4.69) is 45.1 Å². The summed E-state index contributed by atoms with van der Waals surface area (Å²) in [5.41, 5.74) is 10.2. The van der Waals surface area contributed by atoms with Crippen LogP contribution in [-0.2, 0) is 13.1 Å². The van der Waals surface area contributed by atoms with Crippen LogP contribution < -0.4 is 10.6 Å². The average molecular weight is 316 g/mol. The molecule has 3 rings (SSSR count). The Morgan fingerprint density at radius 3 is 2.26 bits per heavy atom. The van der Waals surface area contributed by atoms with E-state index < -0.39 is 0 Å². The predicted octanol–water partition coefficient (Wildman–Crippen LogP) is 3.25. The highest BCUT2D eigenvalue weighted by molar-refractivity contribution is 9.10. The molecule has 1 aliphatic rings. The molecule has 1 aliphatic heterocycles. The van der Waals surface area contributed by atoms with Crippen LogP contribution in [0.4, 0.5) is 5.69 Å². The van der Waals surface area contributed by atoms with Crippen molar-refractivity contribution < 1.29 is 0 Å². The van der Waals surface area contributed by atoms with Crippen LogP contribution >= 0.6 is 15.9 Å². The van der Waals surface area contributed by atoms with E-state index in [9.17, 15) is 0 Å². The lowest BCUT2D eigenvalue weighted by molar-refractivity contribution is 0.878. The van der Waals surface area contributed by atoms with Gasteiger partial charge in [0, 0.05) is 23.2 Å². The second kappa shape index (κ2) is 4.70. The molecule has 0 aliphatic carbocycles. The monoisotopic (exact) mass is 315 g/mol. The molecule has 0 aromatic heterocycles. The van der Waals surface area contributed by atoms with Crippen molar-refractivity contribution in [3.8, 4) is 0 Å². The summed E-state index contributed by atoms with van der Waals surface area (Å²) in [5.74, 6) is 0.0958. The lowest BCUT2D eigenvalue weighted by Gasteiger charge is -2.21. The summed E-state index contributed by atoms with van der Waals surface area (Å²) in [7, 11) is 0. The van der Waals surface area contributed by atoms with E-state index in [0.717, 1.165) is 28.8 Å². The first-order valence-electron chi connectivity index (χ1n) is 6.11. The van der Waals surface area contributed by atoms with Gasteiger partial charge in [-0.05, 0) is 39.2 Å². The highest BCUT2D eigenvalue weighted by Crippen LogP contribution is 2.33. The van der Waals surface area contributed by atoms with Crippen LogP contribution in [0.1, 0.15) is 16.7 Å². The van der Waals surface area contributed by atoms with Gasteiger partial charge in [-0.25, -0.2) is 0 Å². The zero-order valence-electron chi connectivity index (χ0n) is 10.4. The molecule has 0 bridgehead atoms. The Kier molecular flexibility index (Phi) is 3.03. The van der Waals surface area contributed by atoms with Gasteiger partial charge in [-0.15, -0.1) is 0 Å². The lowest BCUT2D eigenvalue weighted by atomic mass is 10.1.